The van der Waals surface area contributed by atoms with Gasteiger partial charge in [-0.2, -0.15) is 13.2 Å². The van der Waals surface area contributed by atoms with Crippen LogP contribution in [-0.2, 0) is 17.0 Å². The number of nitrogens with zero attached hydrogens (tertiary/aromatic N) is 3. The van der Waals surface area contributed by atoms with Gasteiger partial charge in [-0.05, 0) is 18.2 Å². The molecule has 1 amide bonds. The second-order valence-electron chi connectivity index (χ2n) is 7.25. The zero-order valence-corrected chi connectivity index (χ0v) is 17.4. The summed E-state index contributed by atoms with van der Waals surface area (Å²) in [5.41, 5.74) is 3.93. The molecule has 3 heterocycles. The first-order chi connectivity index (χ1) is 15.6. The molecule has 0 aliphatic carbocycles. The van der Waals surface area contributed by atoms with Crippen molar-refractivity contribution in [3.63, 3.8) is 0 Å². The number of rotatable bonds is 4. The first-order valence-electron chi connectivity index (χ1n) is 9.44. The number of carbonyl (C=O) groups is 1. The van der Waals surface area contributed by atoms with Crippen LogP contribution < -0.4 is 15.8 Å². The highest BCUT2D eigenvalue weighted by Gasteiger charge is 2.62. The Morgan fingerprint density at radius 2 is 2.12 bits per heavy atom. The number of anilines is 1. The van der Waals surface area contributed by atoms with Crippen molar-refractivity contribution in [2.45, 2.75) is 24.5 Å². The quantitative estimate of drug-likeness (QED) is 0.632. The minimum atomic E-state index is -4.68. The van der Waals surface area contributed by atoms with Crippen LogP contribution >= 0.6 is 11.8 Å². The molecule has 1 saturated heterocycles. The number of amides is 1. The number of ether oxygens (including phenoxy) is 2. The highest BCUT2D eigenvalue weighted by Crippen LogP contribution is 2.52. The number of amidine groups is 1. The van der Waals surface area contributed by atoms with Crippen LogP contribution in [0.2, 0.25) is 0 Å². The molecule has 2 aromatic rings. The van der Waals surface area contributed by atoms with E-state index in [1.54, 1.807) is 0 Å². The van der Waals surface area contributed by atoms with Gasteiger partial charge in [0.15, 0.2) is 11.3 Å². The molecular formula is C19H16F5N5O3S. The van der Waals surface area contributed by atoms with Crippen molar-refractivity contribution in [3.8, 4) is 5.88 Å². The lowest BCUT2D eigenvalue weighted by molar-refractivity contribution is -0.215. The monoisotopic (exact) mass is 489 g/mol. The van der Waals surface area contributed by atoms with E-state index < -0.39 is 48.9 Å². The Hall–Kier alpha value is -3.00. The number of hydrogen-bond donors (Lipinski definition) is 2. The predicted octanol–water partition coefficient (Wildman–Crippen LogP) is 3.53. The van der Waals surface area contributed by atoms with Crippen molar-refractivity contribution in [2.24, 2.45) is 16.6 Å². The van der Waals surface area contributed by atoms with Crippen LogP contribution in [0.15, 0.2) is 35.6 Å². The zero-order valence-electron chi connectivity index (χ0n) is 16.6. The number of alkyl halides is 4. The summed E-state index contributed by atoms with van der Waals surface area (Å²) >= 11 is 0.931. The third-order valence-electron chi connectivity index (χ3n) is 5.20. The lowest BCUT2D eigenvalue weighted by Crippen LogP contribution is -2.46. The Morgan fingerprint density at radius 3 is 2.79 bits per heavy atom. The van der Waals surface area contributed by atoms with Gasteiger partial charge in [-0.15, -0.1) is 0 Å². The molecular weight excluding hydrogens is 473 g/mol. The average molecular weight is 489 g/mol. The molecule has 8 nitrogen and oxygen atoms in total. The maximum atomic E-state index is 14.8. The zero-order chi connectivity index (χ0) is 23.8. The lowest BCUT2D eigenvalue weighted by Gasteiger charge is -2.36. The molecule has 2 aliphatic rings. The van der Waals surface area contributed by atoms with Gasteiger partial charge in [0.25, 0.3) is 0 Å². The van der Waals surface area contributed by atoms with E-state index in [2.05, 4.69) is 20.3 Å². The van der Waals surface area contributed by atoms with Gasteiger partial charge in [0.05, 0.1) is 24.7 Å². The molecule has 0 spiro atoms. The van der Waals surface area contributed by atoms with E-state index in [0.717, 1.165) is 36.3 Å². The first kappa shape index (κ1) is 23.2. The Labute approximate surface area is 187 Å². The van der Waals surface area contributed by atoms with Crippen LogP contribution in [0, 0.1) is 11.7 Å². The Bertz CT molecular complexity index is 1080. The second kappa shape index (κ2) is 8.74. The number of benzene rings is 1. The smallest absolute Gasteiger partial charge is 0.389 e. The summed E-state index contributed by atoms with van der Waals surface area (Å²) in [5, 5.41) is 2.34. The van der Waals surface area contributed by atoms with E-state index in [0.29, 0.717) is 0 Å². The maximum Gasteiger partial charge on any atom is 0.418 e. The van der Waals surface area contributed by atoms with Crippen LogP contribution in [0.5, 0.6) is 5.88 Å². The standard InChI is InChI=1S/C19H16F5N5O3S/c20-4-10-5-27-14(6-26-10)32-17(30)28-9-1-2-13(21)11(3-9)18-8-31-15(19(22,23)24)12(18)7-33-16(25)29-18/h1-3,5-6,12,15H,4,7-8H2,(H2,25,29)(H,28,30)/t12-,15+,18-/m1/s1. The van der Waals surface area contributed by atoms with Gasteiger partial charge in [-0.25, -0.2) is 23.6 Å². The Kier molecular flexibility index (Phi) is 6.14. The minimum absolute atomic E-state index is 0.00477. The average Bonchev–Trinajstić information content (AvgIpc) is 3.15. The van der Waals surface area contributed by atoms with Crippen LogP contribution in [0.1, 0.15) is 11.3 Å². The molecule has 1 aromatic carbocycles. The van der Waals surface area contributed by atoms with Gasteiger partial charge in [0.1, 0.15) is 18.0 Å². The van der Waals surface area contributed by atoms with Crippen molar-refractivity contribution in [1.29, 1.82) is 0 Å². The molecule has 14 heteroatoms. The number of carbonyl (C=O) groups excluding carboxylic acids is 1. The SMILES string of the molecule is NC1=N[C@@]2(c3cc(NC(=O)Oc4cnc(CF)cn4)ccc3F)CO[C@H](C(F)(F)F)[C@H]2CS1. The van der Waals surface area contributed by atoms with Crippen molar-refractivity contribution in [1.82, 2.24) is 9.97 Å². The molecule has 4 rings (SSSR count). The van der Waals surface area contributed by atoms with Gasteiger partial charge in [0.2, 0.25) is 5.88 Å². The summed E-state index contributed by atoms with van der Waals surface area (Å²) in [5.74, 6) is -2.35. The molecule has 1 aromatic heterocycles. The summed E-state index contributed by atoms with van der Waals surface area (Å²) in [6.07, 6.45) is -5.73. The van der Waals surface area contributed by atoms with Crippen LogP contribution in [0.4, 0.5) is 32.4 Å². The molecule has 0 unspecified atom stereocenters. The number of aromatic nitrogens is 2. The van der Waals surface area contributed by atoms with Gasteiger partial charge in [-0.1, -0.05) is 11.8 Å². The molecule has 0 bridgehead atoms. The number of nitrogens with two attached hydrogens (primary N) is 1. The molecule has 3 atom stereocenters. The molecule has 176 valence electrons. The summed E-state index contributed by atoms with van der Waals surface area (Å²) in [7, 11) is 0. The number of fused-ring (bicyclic) bond motifs is 1. The van der Waals surface area contributed by atoms with Crippen molar-refractivity contribution in [2.75, 3.05) is 17.7 Å². The number of nitrogens with one attached hydrogen (secondary N) is 1. The normalized spacial score (nSPS) is 24.7. The molecule has 3 N–H and O–H groups in total. The topological polar surface area (TPSA) is 112 Å². The fourth-order valence-electron chi connectivity index (χ4n) is 3.73. The van der Waals surface area contributed by atoms with E-state index in [1.807, 2.05) is 0 Å². The van der Waals surface area contributed by atoms with E-state index in [9.17, 15) is 26.7 Å². The lowest BCUT2D eigenvalue weighted by atomic mass is 9.78. The number of thioether (sulfide) groups is 1. The van der Waals surface area contributed by atoms with Gasteiger partial charge < -0.3 is 15.2 Å². The molecule has 2 aliphatic heterocycles. The molecule has 0 radical (unpaired) electrons. The van der Waals surface area contributed by atoms with Crippen LogP contribution in [0.25, 0.3) is 0 Å². The highest BCUT2D eigenvalue weighted by atomic mass is 32.2. The third kappa shape index (κ3) is 4.57. The van der Waals surface area contributed by atoms with Gasteiger partial charge >= 0.3 is 12.3 Å². The third-order valence-corrected chi connectivity index (χ3v) is 6.11. The van der Waals surface area contributed by atoms with Gasteiger partial charge in [-0.3, -0.25) is 10.3 Å². The van der Waals surface area contributed by atoms with Crippen molar-refractivity contribution < 1.29 is 36.2 Å². The molecule has 1 fully saturated rings. The number of aliphatic imine (C=N–C) groups is 1. The molecule has 33 heavy (non-hydrogen) atoms. The Morgan fingerprint density at radius 1 is 1.33 bits per heavy atom. The van der Waals surface area contributed by atoms with E-state index >= 15 is 0 Å². The van der Waals surface area contributed by atoms with Crippen LogP contribution in [-0.4, -0.2) is 45.9 Å². The van der Waals surface area contributed by atoms with E-state index in [4.69, 9.17) is 15.2 Å². The fraction of sp³-hybridized carbons (Fsp3) is 0.368. The first-order valence-corrected chi connectivity index (χ1v) is 10.4. The summed E-state index contributed by atoms with van der Waals surface area (Å²) < 4.78 is 77.8. The van der Waals surface area contributed by atoms with Crippen molar-refractivity contribution >= 4 is 28.7 Å². The number of halogens is 5. The summed E-state index contributed by atoms with van der Waals surface area (Å²) in [4.78, 5) is 23.8. The van der Waals surface area contributed by atoms with Gasteiger partial charge in [0, 0.05) is 22.9 Å². The van der Waals surface area contributed by atoms with Crippen molar-refractivity contribution in [3.05, 3.63) is 47.7 Å². The number of hydrogen-bond acceptors (Lipinski definition) is 8. The predicted molar refractivity (Wildman–Crippen MR) is 108 cm³/mol. The van der Waals surface area contributed by atoms with E-state index in [-0.39, 0.29) is 33.7 Å². The summed E-state index contributed by atoms with van der Waals surface area (Å²) in [6.45, 7) is -1.38. The second-order valence-corrected chi connectivity index (χ2v) is 8.29. The largest absolute Gasteiger partial charge is 0.418 e. The Balaban J connectivity index is 1.61. The highest BCUT2D eigenvalue weighted by molar-refractivity contribution is 8.13. The fourth-order valence-corrected chi connectivity index (χ4v) is 4.76. The summed E-state index contributed by atoms with van der Waals surface area (Å²) in [6, 6.07) is 3.35. The van der Waals surface area contributed by atoms with E-state index in [1.165, 1.54) is 6.07 Å². The van der Waals surface area contributed by atoms with Crippen LogP contribution in [0.3, 0.4) is 0 Å². The maximum absolute atomic E-state index is 14.8. The minimum Gasteiger partial charge on any atom is -0.389 e. The molecule has 0 saturated carbocycles.